The van der Waals surface area contributed by atoms with E-state index in [0.717, 1.165) is 0 Å². The third-order valence-electron chi connectivity index (χ3n) is 2.94. The molecule has 0 spiro atoms. The van der Waals surface area contributed by atoms with Gasteiger partial charge >= 0.3 is 10.1 Å². The molecule has 100 valence electrons. The number of rotatable bonds is 2. The van der Waals surface area contributed by atoms with Crippen LogP contribution in [0.25, 0.3) is 22.0 Å². The number of hydrogen-bond donors (Lipinski definition) is 1. The number of fused-ring (bicyclic) bond motifs is 1. The van der Waals surface area contributed by atoms with Crippen molar-refractivity contribution >= 4 is 21.0 Å². The first kappa shape index (κ1) is 12.7. The highest BCUT2D eigenvalue weighted by Gasteiger charge is 2.21. The summed E-state index contributed by atoms with van der Waals surface area (Å²) in [6, 6.07) is 16.0. The first-order valence-corrected chi connectivity index (χ1v) is 7.30. The van der Waals surface area contributed by atoms with Crippen molar-refractivity contribution in [2.24, 2.45) is 0 Å². The van der Waals surface area contributed by atoms with Crippen molar-refractivity contribution in [3.8, 4) is 11.1 Å². The standard InChI is InChI=1S/C14H10N2O3S/c17-20(18,19)14-13(10-6-2-1-3-7-10)11-8-4-5-9-12(11)15-16-14/h1-9H,(H,17,18,19). The predicted octanol–water partition coefficient (Wildman–Crippen LogP) is 2.54. The van der Waals surface area contributed by atoms with Gasteiger partial charge in [0.05, 0.1) is 5.52 Å². The van der Waals surface area contributed by atoms with Crippen LogP contribution in [0.3, 0.4) is 0 Å². The Kier molecular flexibility index (Phi) is 2.96. The number of benzene rings is 2. The molecule has 0 atom stereocenters. The summed E-state index contributed by atoms with van der Waals surface area (Å²) in [4.78, 5) is 0. The van der Waals surface area contributed by atoms with Gasteiger partial charge in [0.25, 0.3) is 0 Å². The van der Waals surface area contributed by atoms with Crippen LogP contribution in [-0.4, -0.2) is 23.2 Å². The van der Waals surface area contributed by atoms with Crippen LogP contribution in [0.15, 0.2) is 59.6 Å². The molecule has 3 aromatic rings. The second kappa shape index (κ2) is 4.66. The van der Waals surface area contributed by atoms with Crippen LogP contribution in [-0.2, 0) is 10.1 Å². The fourth-order valence-electron chi connectivity index (χ4n) is 2.10. The zero-order valence-electron chi connectivity index (χ0n) is 10.3. The van der Waals surface area contributed by atoms with Gasteiger partial charge in [0.1, 0.15) is 0 Å². The Morgan fingerprint density at radius 1 is 0.850 bits per heavy atom. The van der Waals surface area contributed by atoms with Gasteiger partial charge in [-0.05, 0) is 11.6 Å². The Balaban J connectivity index is 2.48. The maximum absolute atomic E-state index is 11.5. The lowest BCUT2D eigenvalue weighted by Gasteiger charge is -2.09. The van der Waals surface area contributed by atoms with Gasteiger partial charge in [0.2, 0.25) is 5.03 Å². The molecule has 3 rings (SSSR count). The van der Waals surface area contributed by atoms with Crippen molar-refractivity contribution in [1.29, 1.82) is 0 Å². The molecule has 1 aromatic heterocycles. The number of nitrogens with zero attached hydrogens (tertiary/aromatic N) is 2. The van der Waals surface area contributed by atoms with E-state index < -0.39 is 15.1 Å². The van der Waals surface area contributed by atoms with Gasteiger partial charge in [-0.2, -0.15) is 8.42 Å². The van der Waals surface area contributed by atoms with Gasteiger partial charge in [0, 0.05) is 10.9 Å². The van der Waals surface area contributed by atoms with E-state index in [0.29, 0.717) is 22.0 Å². The quantitative estimate of drug-likeness (QED) is 0.732. The molecule has 1 heterocycles. The molecule has 0 unspecified atom stereocenters. The van der Waals surface area contributed by atoms with Gasteiger partial charge in [0.15, 0.2) is 0 Å². The van der Waals surface area contributed by atoms with Crippen molar-refractivity contribution in [1.82, 2.24) is 10.2 Å². The van der Waals surface area contributed by atoms with Crippen molar-refractivity contribution in [2.75, 3.05) is 0 Å². The molecule has 6 heteroatoms. The molecule has 0 radical (unpaired) electrons. The summed E-state index contributed by atoms with van der Waals surface area (Å²) in [5.74, 6) is 0. The Morgan fingerprint density at radius 3 is 2.20 bits per heavy atom. The summed E-state index contributed by atoms with van der Waals surface area (Å²) >= 11 is 0. The summed E-state index contributed by atoms with van der Waals surface area (Å²) in [7, 11) is -4.45. The van der Waals surface area contributed by atoms with E-state index in [2.05, 4.69) is 10.2 Å². The minimum absolute atomic E-state index is 0.360. The zero-order valence-corrected chi connectivity index (χ0v) is 11.1. The molecule has 20 heavy (non-hydrogen) atoms. The highest BCUT2D eigenvalue weighted by atomic mass is 32.2. The van der Waals surface area contributed by atoms with Gasteiger partial charge in [-0.1, -0.05) is 48.5 Å². The molecular formula is C14H10N2O3S. The molecule has 0 amide bonds. The highest BCUT2D eigenvalue weighted by molar-refractivity contribution is 7.85. The fraction of sp³-hybridized carbons (Fsp3) is 0. The van der Waals surface area contributed by atoms with E-state index in [1.807, 2.05) is 6.07 Å². The summed E-state index contributed by atoms with van der Waals surface area (Å²) in [5.41, 5.74) is 1.59. The molecule has 1 N–H and O–H groups in total. The van der Waals surface area contributed by atoms with E-state index in [1.54, 1.807) is 48.5 Å². The van der Waals surface area contributed by atoms with Crippen molar-refractivity contribution < 1.29 is 13.0 Å². The Labute approximate surface area is 115 Å². The van der Waals surface area contributed by atoms with Crippen LogP contribution in [0, 0.1) is 0 Å². The summed E-state index contributed by atoms with van der Waals surface area (Å²) < 4.78 is 32.4. The molecule has 0 saturated heterocycles. The molecule has 0 aliphatic rings. The number of hydrogen-bond acceptors (Lipinski definition) is 4. The molecule has 0 fully saturated rings. The topological polar surface area (TPSA) is 80.2 Å². The first-order valence-electron chi connectivity index (χ1n) is 5.86. The van der Waals surface area contributed by atoms with Gasteiger partial charge < -0.3 is 0 Å². The average Bonchev–Trinajstić information content (AvgIpc) is 2.46. The summed E-state index contributed by atoms with van der Waals surface area (Å²) in [6.45, 7) is 0. The third-order valence-corrected chi connectivity index (χ3v) is 3.72. The molecule has 5 nitrogen and oxygen atoms in total. The van der Waals surface area contributed by atoms with Gasteiger partial charge in [-0.25, -0.2) is 0 Å². The summed E-state index contributed by atoms with van der Waals surface area (Å²) in [6.07, 6.45) is 0. The van der Waals surface area contributed by atoms with Crippen LogP contribution < -0.4 is 0 Å². The van der Waals surface area contributed by atoms with Crippen molar-refractivity contribution in [2.45, 2.75) is 5.03 Å². The van der Waals surface area contributed by atoms with Crippen LogP contribution in [0.5, 0.6) is 0 Å². The maximum atomic E-state index is 11.5. The molecule has 0 aliphatic heterocycles. The lowest BCUT2D eigenvalue weighted by molar-refractivity contribution is 0.478. The molecule has 0 aliphatic carbocycles. The molecule has 0 bridgehead atoms. The third kappa shape index (κ3) is 2.15. The molecule has 0 saturated carbocycles. The van der Waals surface area contributed by atoms with Crippen molar-refractivity contribution in [3.63, 3.8) is 0 Å². The van der Waals surface area contributed by atoms with E-state index in [-0.39, 0.29) is 0 Å². The second-order valence-electron chi connectivity index (χ2n) is 4.24. The Hall–Kier alpha value is -2.31. The van der Waals surface area contributed by atoms with Crippen LogP contribution in [0.4, 0.5) is 0 Å². The lowest BCUT2D eigenvalue weighted by atomic mass is 10.0. The Bertz CT molecular complexity index is 877. The van der Waals surface area contributed by atoms with Gasteiger partial charge in [-0.3, -0.25) is 4.55 Å². The SMILES string of the molecule is O=S(=O)(O)c1nnc2ccccc2c1-c1ccccc1. The smallest absolute Gasteiger partial charge is 0.281 e. The monoisotopic (exact) mass is 286 g/mol. The fourth-order valence-corrected chi connectivity index (χ4v) is 2.73. The number of aromatic nitrogens is 2. The normalized spacial score (nSPS) is 11.7. The predicted molar refractivity (Wildman–Crippen MR) is 74.8 cm³/mol. The van der Waals surface area contributed by atoms with E-state index in [1.165, 1.54) is 0 Å². The van der Waals surface area contributed by atoms with E-state index >= 15 is 0 Å². The highest BCUT2D eigenvalue weighted by Crippen LogP contribution is 2.31. The second-order valence-corrected chi connectivity index (χ2v) is 5.58. The Morgan fingerprint density at radius 2 is 1.50 bits per heavy atom. The minimum Gasteiger partial charge on any atom is -0.281 e. The molecule has 2 aromatic carbocycles. The largest absolute Gasteiger partial charge is 0.314 e. The average molecular weight is 286 g/mol. The van der Waals surface area contributed by atoms with Crippen LogP contribution in [0.1, 0.15) is 0 Å². The lowest BCUT2D eigenvalue weighted by Crippen LogP contribution is -2.06. The van der Waals surface area contributed by atoms with Crippen LogP contribution in [0.2, 0.25) is 0 Å². The minimum atomic E-state index is -4.45. The maximum Gasteiger partial charge on any atom is 0.314 e. The van der Waals surface area contributed by atoms with Gasteiger partial charge in [-0.15, -0.1) is 10.2 Å². The molecular weight excluding hydrogens is 276 g/mol. The zero-order chi connectivity index (χ0) is 14.2. The van der Waals surface area contributed by atoms with Crippen molar-refractivity contribution in [3.05, 3.63) is 54.6 Å². The summed E-state index contributed by atoms with van der Waals surface area (Å²) in [5, 5.41) is 7.71. The van der Waals surface area contributed by atoms with E-state index in [4.69, 9.17) is 0 Å². The first-order chi connectivity index (χ1) is 9.57. The van der Waals surface area contributed by atoms with E-state index in [9.17, 15) is 13.0 Å². The van der Waals surface area contributed by atoms with Crippen LogP contribution >= 0.6 is 0 Å².